The summed E-state index contributed by atoms with van der Waals surface area (Å²) in [6, 6.07) is 53.6. The van der Waals surface area contributed by atoms with Gasteiger partial charge in [0, 0.05) is 64.0 Å². The van der Waals surface area contributed by atoms with Crippen LogP contribution in [0.3, 0.4) is 0 Å². The van der Waals surface area contributed by atoms with Crippen molar-refractivity contribution in [1.82, 2.24) is 19.5 Å². The van der Waals surface area contributed by atoms with Gasteiger partial charge in [-0.15, -0.1) is 54.1 Å². The molecule has 8 heteroatoms. The van der Waals surface area contributed by atoms with Crippen LogP contribution in [0.15, 0.2) is 155 Å². The Kier molecular flexibility index (Phi) is 10.8. The number of aryl methyl sites for hydroxylation is 1. The Labute approximate surface area is 399 Å². The van der Waals surface area contributed by atoms with Gasteiger partial charge >= 0.3 is 0 Å². The molecule has 325 valence electrons. The summed E-state index contributed by atoms with van der Waals surface area (Å²) in [6.45, 7) is 13.7. The molecule has 0 fully saturated rings. The summed E-state index contributed by atoms with van der Waals surface area (Å²) in [4.78, 5) is 14.1. The van der Waals surface area contributed by atoms with E-state index in [1.54, 1.807) is 12.1 Å². The van der Waals surface area contributed by atoms with Crippen LogP contribution in [0.5, 0.6) is 0 Å². The minimum atomic E-state index is -2.32. The van der Waals surface area contributed by atoms with Crippen LogP contribution in [-0.2, 0) is 20.1 Å². The molecule has 65 heavy (non-hydrogen) atoms. The molecule has 0 aliphatic heterocycles. The van der Waals surface area contributed by atoms with E-state index in [-0.39, 0.29) is 37.6 Å². The van der Waals surface area contributed by atoms with Gasteiger partial charge < -0.3 is 18.4 Å². The van der Waals surface area contributed by atoms with E-state index in [1.165, 1.54) is 27.4 Å². The first-order valence-electron chi connectivity index (χ1n) is 23.4. The standard InChI is InChI=1S/C43H34N3O2.C14H16NSi.Ir/c1-24(2)32-20-28(27-12-7-6-8-13-27)21-33(25(3)4)40(32)46-37-17-10-9-16-36(37)45-42(46)31-15-11-14-29-34-22-35-30-19-18-26(5)44-43(30)48-39(35)23-38(34)47-41(29)31;1-16(2,3)13-9-10-14(15-11-13)12-7-5-4-6-8-12;/h6-14,16-25H,1-5H3;4-7,9-11H,1-3H3;/q2*-1;/i5D3;;. The van der Waals surface area contributed by atoms with Crippen LogP contribution in [0.4, 0.5) is 0 Å². The topological polar surface area (TPSA) is 69.9 Å². The molecule has 5 aromatic heterocycles. The predicted molar refractivity (Wildman–Crippen MR) is 268 cm³/mol. The molecule has 0 N–H and O–H groups in total. The summed E-state index contributed by atoms with van der Waals surface area (Å²) in [5, 5.41) is 4.82. The minimum Gasteiger partial charge on any atom is -0.500 e. The third-order valence-electron chi connectivity index (χ3n) is 12.0. The minimum absolute atomic E-state index is 0. The molecule has 0 amide bonds. The molecule has 11 rings (SSSR count). The van der Waals surface area contributed by atoms with Crippen LogP contribution in [0.2, 0.25) is 19.6 Å². The number of rotatable bonds is 7. The van der Waals surface area contributed by atoms with Crippen LogP contribution in [0, 0.1) is 19.0 Å². The van der Waals surface area contributed by atoms with Gasteiger partial charge in [0.15, 0.2) is 0 Å². The van der Waals surface area contributed by atoms with Gasteiger partial charge in [-0.1, -0.05) is 113 Å². The monoisotopic (exact) mass is 1050 g/mol. The first-order valence-corrected chi connectivity index (χ1v) is 25.4. The Morgan fingerprint density at radius 3 is 2.06 bits per heavy atom. The smallest absolute Gasteiger partial charge is 0.227 e. The summed E-state index contributed by atoms with van der Waals surface area (Å²) in [5.74, 6) is 1.22. The van der Waals surface area contributed by atoms with E-state index in [1.807, 2.05) is 60.8 Å². The van der Waals surface area contributed by atoms with Crippen molar-refractivity contribution in [2.24, 2.45) is 0 Å². The summed E-state index contributed by atoms with van der Waals surface area (Å²) in [7, 11) is -1.23. The van der Waals surface area contributed by atoms with E-state index in [0.29, 0.717) is 22.5 Å². The first kappa shape index (κ1) is 40.1. The zero-order chi connectivity index (χ0) is 46.8. The molecule has 11 aromatic rings. The van der Waals surface area contributed by atoms with Crippen molar-refractivity contribution in [3.8, 4) is 39.5 Å². The molecule has 6 aromatic carbocycles. The molecule has 0 aliphatic rings. The van der Waals surface area contributed by atoms with Crippen molar-refractivity contribution in [3.05, 3.63) is 175 Å². The van der Waals surface area contributed by atoms with Gasteiger partial charge in [-0.25, -0.2) is 4.98 Å². The summed E-state index contributed by atoms with van der Waals surface area (Å²) in [5.41, 5.74) is 12.9. The average molecular weight is 1050 g/mol. The Hall–Kier alpha value is -6.44. The number of hydrogen-bond donors (Lipinski definition) is 0. The molecular weight excluding hydrogens is 993 g/mol. The van der Waals surface area contributed by atoms with Gasteiger partial charge in [0.25, 0.3) is 0 Å². The number of fused-ring (bicyclic) bond motifs is 7. The molecule has 0 atom stereocenters. The van der Waals surface area contributed by atoms with E-state index in [9.17, 15) is 0 Å². The molecule has 0 bridgehead atoms. The van der Waals surface area contributed by atoms with Crippen molar-refractivity contribution in [2.45, 2.75) is 66.0 Å². The number of nitrogens with zero attached hydrogens (tertiary/aromatic N) is 4. The first-order chi connectivity index (χ1) is 32.1. The van der Waals surface area contributed by atoms with Gasteiger partial charge in [0.05, 0.1) is 30.5 Å². The summed E-state index contributed by atoms with van der Waals surface area (Å²) in [6.07, 6.45) is 2.02. The molecule has 0 spiro atoms. The number of furan rings is 2. The number of benzene rings is 6. The Morgan fingerprint density at radius 1 is 0.646 bits per heavy atom. The Balaban J connectivity index is 0.000000289. The predicted octanol–water partition coefficient (Wildman–Crippen LogP) is 15.0. The number of aromatic nitrogens is 4. The zero-order valence-electron chi connectivity index (χ0n) is 40.4. The molecule has 6 nitrogen and oxygen atoms in total. The van der Waals surface area contributed by atoms with Crippen LogP contribution in [-0.4, -0.2) is 27.6 Å². The van der Waals surface area contributed by atoms with Crippen LogP contribution >= 0.6 is 0 Å². The fourth-order valence-corrected chi connectivity index (χ4v) is 9.68. The fourth-order valence-electron chi connectivity index (χ4n) is 8.64. The molecule has 0 saturated heterocycles. The Morgan fingerprint density at radius 2 is 1.37 bits per heavy atom. The van der Waals surface area contributed by atoms with Crippen LogP contribution in [0.1, 0.15) is 60.5 Å². The molecule has 0 unspecified atom stereocenters. The van der Waals surface area contributed by atoms with E-state index in [0.717, 1.165) is 60.9 Å². The molecule has 5 heterocycles. The van der Waals surface area contributed by atoms with Gasteiger partial charge in [-0.3, -0.25) is 4.98 Å². The maximum Gasteiger partial charge on any atom is 0.227 e. The second-order valence-electron chi connectivity index (χ2n) is 18.1. The maximum absolute atomic E-state index is 7.78. The third-order valence-corrected chi connectivity index (χ3v) is 14.1. The van der Waals surface area contributed by atoms with Crippen LogP contribution in [0.25, 0.3) is 94.5 Å². The second-order valence-corrected chi connectivity index (χ2v) is 23.2. The van der Waals surface area contributed by atoms with Crippen molar-refractivity contribution < 1.29 is 33.1 Å². The number of pyridine rings is 2. The number of imidazole rings is 1. The SMILES string of the molecule is C[Si](C)(C)c1ccc(-c2[c-]cccc2)nc1.[2H]C([2H])([2H])c1ccc2c(n1)oc1cc3oc4c(-c5nc6ccccc6n5-c5c(C(C)C)cc(-c6ccccc6)cc5C(C)C)[c-]ccc4c3cc12.[Ir]. The van der Waals surface area contributed by atoms with E-state index < -0.39 is 14.9 Å². The molecule has 1 radical (unpaired) electrons. The van der Waals surface area contributed by atoms with Crippen LogP contribution < -0.4 is 5.19 Å². The summed E-state index contributed by atoms with van der Waals surface area (Å²) >= 11 is 0. The number of hydrogen-bond acceptors (Lipinski definition) is 5. The number of para-hydroxylation sites is 2. The van der Waals surface area contributed by atoms with E-state index in [2.05, 4.69) is 147 Å². The van der Waals surface area contributed by atoms with E-state index in [4.69, 9.17) is 17.9 Å². The average Bonchev–Trinajstić information content (AvgIpc) is 4.01. The molecule has 0 saturated carbocycles. The molecular formula is C57H50IrN4O2Si-2. The summed E-state index contributed by atoms with van der Waals surface area (Å²) < 4.78 is 38.4. The normalized spacial score (nSPS) is 12.7. The third kappa shape index (κ3) is 8.16. The largest absolute Gasteiger partial charge is 0.500 e. The van der Waals surface area contributed by atoms with Gasteiger partial charge in [0.1, 0.15) is 11.2 Å². The van der Waals surface area contributed by atoms with Crippen molar-refractivity contribution in [2.75, 3.05) is 0 Å². The van der Waals surface area contributed by atoms with Crippen molar-refractivity contribution >= 4 is 68.3 Å². The Bertz CT molecular complexity index is 3580. The van der Waals surface area contributed by atoms with Gasteiger partial charge in [-0.05, 0) is 94.3 Å². The quantitative estimate of drug-likeness (QED) is 0.117. The van der Waals surface area contributed by atoms with Crippen molar-refractivity contribution in [1.29, 1.82) is 0 Å². The maximum atomic E-state index is 7.78. The second kappa shape index (κ2) is 17.5. The van der Waals surface area contributed by atoms with Gasteiger partial charge in [-0.2, -0.15) is 0 Å². The fraction of sp³-hybridized carbons (Fsp3) is 0.175. The molecule has 0 aliphatic carbocycles. The van der Waals surface area contributed by atoms with E-state index >= 15 is 0 Å². The zero-order valence-corrected chi connectivity index (χ0v) is 40.8. The van der Waals surface area contributed by atoms with Gasteiger partial charge in [0.2, 0.25) is 5.71 Å². The van der Waals surface area contributed by atoms with Crippen molar-refractivity contribution in [3.63, 3.8) is 0 Å².